The first-order chi connectivity index (χ1) is 30.0. The van der Waals surface area contributed by atoms with Crippen LogP contribution in [-0.4, -0.2) is 7.28 Å². The minimum absolute atomic E-state index is 0.0856. The van der Waals surface area contributed by atoms with Crippen LogP contribution < -0.4 is 21.1 Å². The van der Waals surface area contributed by atoms with Gasteiger partial charge in [-0.05, 0) is 133 Å². The zero-order valence-electron chi connectivity index (χ0n) is 36.8. The molecule has 3 heteroatoms. The van der Waals surface area contributed by atoms with Gasteiger partial charge in [-0.2, -0.15) is 0 Å². The molecule has 8 aromatic carbocycles. The summed E-state index contributed by atoms with van der Waals surface area (Å²) < 4.78 is 0. The molecule has 0 fully saturated rings. The fourth-order valence-electron chi connectivity index (χ4n) is 10.9. The molecule has 1 N–H and O–H groups in total. The van der Waals surface area contributed by atoms with E-state index in [1.54, 1.807) is 0 Å². The van der Waals surface area contributed by atoms with E-state index in [2.05, 4.69) is 228 Å². The highest BCUT2D eigenvalue weighted by atomic mass is 15.2. The van der Waals surface area contributed by atoms with Gasteiger partial charge in [0.05, 0.1) is 5.69 Å². The topological polar surface area (TPSA) is 15.3 Å². The van der Waals surface area contributed by atoms with Crippen LogP contribution in [0.2, 0.25) is 0 Å². The molecule has 8 aromatic rings. The van der Waals surface area contributed by atoms with E-state index >= 15 is 0 Å². The Balaban J connectivity index is 1.14. The van der Waals surface area contributed by atoms with Crippen molar-refractivity contribution in [2.75, 3.05) is 10.2 Å². The molecular weight excluding hydrogens is 747 g/mol. The number of hydrogen-bond donors (Lipinski definition) is 1. The number of nitrogens with zero attached hydrogens (tertiary/aromatic N) is 1. The second-order valence-electron chi connectivity index (χ2n) is 19.7. The summed E-state index contributed by atoms with van der Waals surface area (Å²) in [5, 5.41) is 3.99. The molecule has 0 unspecified atom stereocenters. The summed E-state index contributed by atoms with van der Waals surface area (Å²) in [7, 11) is 0.851. The van der Waals surface area contributed by atoms with Crippen LogP contribution in [0.25, 0.3) is 44.5 Å². The fraction of sp³-hybridized carbons (Fsp3) is 0.186. The molecule has 0 saturated carbocycles. The maximum Gasteiger partial charge on any atom is 0.198 e. The molecule has 0 radical (unpaired) electrons. The Labute approximate surface area is 368 Å². The predicted molar refractivity (Wildman–Crippen MR) is 266 cm³/mol. The van der Waals surface area contributed by atoms with Crippen LogP contribution in [0.15, 0.2) is 176 Å². The Hall–Kier alpha value is -6.58. The van der Waals surface area contributed by atoms with E-state index in [1.165, 1.54) is 108 Å². The second-order valence-corrected chi connectivity index (χ2v) is 19.7. The summed E-state index contributed by atoms with van der Waals surface area (Å²) in [5.74, 6) is 0. The molecule has 0 spiro atoms. The van der Waals surface area contributed by atoms with E-state index in [0.29, 0.717) is 0 Å². The lowest BCUT2D eigenvalue weighted by molar-refractivity contribution is 0.331. The summed E-state index contributed by atoms with van der Waals surface area (Å²) in [6.07, 6.45) is 2.38. The minimum atomic E-state index is -0.162. The standard InChI is InChI=1S/C59H53BN2/c1-57(2)29-30-58(3,4)49-37-53-50(36-48(49)57)59(5,6)47-26-18-27-51-56(47)62(53)54-35-43(40-23-14-9-15-24-40)34-46(55(54)60-51)45-25-16-17-28-52(45)61-44-32-41(38-19-10-7-11-20-38)31-42(33-44)39-21-12-8-13-22-39/h7-28,31-37,60-61H,29-30H2,1-6H3. The molecule has 0 amide bonds. The first kappa shape index (κ1) is 38.4. The van der Waals surface area contributed by atoms with Gasteiger partial charge >= 0.3 is 0 Å². The Morgan fingerprint density at radius 3 is 1.60 bits per heavy atom. The van der Waals surface area contributed by atoms with E-state index in [9.17, 15) is 0 Å². The monoisotopic (exact) mass is 800 g/mol. The van der Waals surface area contributed by atoms with Crippen molar-refractivity contribution in [1.82, 2.24) is 0 Å². The van der Waals surface area contributed by atoms with E-state index < -0.39 is 0 Å². The van der Waals surface area contributed by atoms with Crippen molar-refractivity contribution in [2.24, 2.45) is 0 Å². The Morgan fingerprint density at radius 2 is 0.984 bits per heavy atom. The van der Waals surface area contributed by atoms with E-state index in [0.717, 1.165) is 18.7 Å². The number of para-hydroxylation sites is 2. The highest BCUT2D eigenvalue weighted by Gasteiger charge is 2.45. The second kappa shape index (κ2) is 14.2. The van der Waals surface area contributed by atoms with Gasteiger partial charge in [0.1, 0.15) is 0 Å². The number of hydrogen-bond acceptors (Lipinski definition) is 2. The van der Waals surface area contributed by atoms with Crippen LogP contribution in [0.3, 0.4) is 0 Å². The van der Waals surface area contributed by atoms with Crippen LogP contribution >= 0.6 is 0 Å². The average Bonchev–Trinajstić information content (AvgIpc) is 3.29. The lowest BCUT2D eigenvalue weighted by Crippen LogP contribution is -2.46. The number of anilines is 5. The molecule has 11 rings (SSSR count). The third-order valence-electron chi connectivity index (χ3n) is 14.5. The molecule has 302 valence electrons. The molecule has 62 heavy (non-hydrogen) atoms. The molecule has 2 aliphatic heterocycles. The van der Waals surface area contributed by atoms with Crippen molar-refractivity contribution in [3.63, 3.8) is 0 Å². The van der Waals surface area contributed by atoms with E-state index in [4.69, 9.17) is 0 Å². The number of fused-ring (bicyclic) bond motifs is 5. The summed E-state index contributed by atoms with van der Waals surface area (Å²) in [5.41, 5.74) is 24.4. The Bertz CT molecular complexity index is 2980. The molecule has 1 aliphatic carbocycles. The summed E-state index contributed by atoms with van der Waals surface area (Å²) in [6, 6.07) is 65.4. The summed E-state index contributed by atoms with van der Waals surface area (Å²) in [6.45, 7) is 14.7. The van der Waals surface area contributed by atoms with Gasteiger partial charge in [-0.3, -0.25) is 0 Å². The Morgan fingerprint density at radius 1 is 0.435 bits per heavy atom. The highest BCUT2D eigenvalue weighted by Crippen LogP contribution is 2.57. The fourth-order valence-corrected chi connectivity index (χ4v) is 10.9. The largest absolute Gasteiger partial charge is 0.355 e. The van der Waals surface area contributed by atoms with Gasteiger partial charge < -0.3 is 10.2 Å². The molecule has 2 heterocycles. The van der Waals surface area contributed by atoms with Gasteiger partial charge in [0.25, 0.3) is 0 Å². The Kier molecular flexibility index (Phi) is 8.81. The van der Waals surface area contributed by atoms with Crippen LogP contribution in [0.5, 0.6) is 0 Å². The van der Waals surface area contributed by atoms with Crippen molar-refractivity contribution in [2.45, 2.75) is 70.6 Å². The quantitative estimate of drug-likeness (QED) is 0.169. The number of nitrogens with one attached hydrogen (secondary N) is 1. The summed E-state index contributed by atoms with van der Waals surface area (Å²) >= 11 is 0. The molecule has 0 bridgehead atoms. The molecular formula is C59H53BN2. The molecule has 0 aromatic heterocycles. The van der Waals surface area contributed by atoms with Crippen LogP contribution in [0.1, 0.15) is 76.6 Å². The molecule has 3 aliphatic rings. The number of rotatable bonds is 6. The van der Waals surface area contributed by atoms with E-state index in [1.807, 2.05) is 0 Å². The van der Waals surface area contributed by atoms with Gasteiger partial charge in [-0.25, -0.2) is 0 Å². The van der Waals surface area contributed by atoms with Crippen LogP contribution in [0.4, 0.5) is 28.4 Å². The van der Waals surface area contributed by atoms with Gasteiger partial charge in [-0.1, -0.05) is 180 Å². The first-order valence-electron chi connectivity index (χ1n) is 22.4. The third-order valence-corrected chi connectivity index (χ3v) is 14.5. The lowest BCUT2D eigenvalue weighted by Gasteiger charge is -2.49. The zero-order valence-corrected chi connectivity index (χ0v) is 36.8. The predicted octanol–water partition coefficient (Wildman–Crippen LogP) is 14.3. The third kappa shape index (κ3) is 6.24. The highest BCUT2D eigenvalue weighted by molar-refractivity contribution is 6.73. The summed E-state index contributed by atoms with van der Waals surface area (Å²) in [4.78, 5) is 2.67. The van der Waals surface area contributed by atoms with Crippen LogP contribution in [0, 0.1) is 0 Å². The molecule has 0 atom stereocenters. The SMILES string of the molecule is CC1(C)CCC(C)(C)c2cc3c(cc21)N1c2cc(-c4ccccc4)cc(-c4ccccc4Nc4cc(-c5ccccc5)cc(-c5ccccc5)c4)c2Bc2cccc(c21)C3(C)C. The molecule has 2 nitrogen and oxygen atoms in total. The first-order valence-corrected chi connectivity index (χ1v) is 22.4. The number of benzene rings is 8. The maximum absolute atomic E-state index is 3.99. The van der Waals surface area contributed by atoms with Crippen molar-refractivity contribution in [1.29, 1.82) is 0 Å². The van der Waals surface area contributed by atoms with Crippen molar-refractivity contribution < 1.29 is 0 Å². The molecule has 0 saturated heterocycles. The lowest BCUT2D eigenvalue weighted by atomic mass is 9.55. The van der Waals surface area contributed by atoms with Gasteiger partial charge in [0.15, 0.2) is 7.28 Å². The minimum Gasteiger partial charge on any atom is -0.355 e. The smallest absolute Gasteiger partial charge is 0.198 e. The zero-order chi connectivity index (χ0) is 42.4. The van der Waals surface area contributed by atoms with E-state index in [-0.39, 0.29) is 16.2 Å². The van der Waals surface area contributed by atoms with Crippen LogP contribution in [-0.2, 0) is 16.2 Å². The van der Waals surface area contributed by atoms with Crippen molar-refractivity contribution in [3.8, 4) is 44.5 Å². The van der Waals surface area contributed by atoms with Gasteiger partial charge in [-0.15, -0.1) is 0 Å². The maximum atomic E-state index is 3.99. The van der Waals surface area contributed by atoms with Crippen molar-refractivity contribution in [3.05, 3.63) is 198 Å². The normalized spacial score (nSPS) is 15.9. The van der Waals surface area contributed by atoms with Crippen molar-refractivity contribution >= 4 is 46.6 Å². The average molecular weight is 801 g/mol. The van der Waals surface area contributed by atoms with Gasteiger partial charge in [0, 0.05) is 33.7 Å². The van der Waals surface area contributed by atoms with Gasteiger partial charge in [0.2, 0.25) is 0 Å².